The van der Waals surface area contributed by atoms with Crippen LogP contribution in [0.3, 0.4) is 0 Å². The van der Waals surface area contributed by atoms with Gasteiger partial charge < -0.3 is 25.1 Å². The highest BCUT2D eigenvalue weighted by molar-refractivity contribution is 5.70. The van der Waals surface area contributed by atoms with E-state index in [9.17, 15) is 9.90 Å². The van der Waals surface area contributed by atoms with Crippen molar-refractivity contribution in [1.82, 2.24) is 19.5 Å². The number of ether oxygens (including phenoxy) is 3. The lowest BCUT2D eigenvalue weighted by Crippen LogP contribution is -2.31. The van der Waals surface area contributed by atoms with E-state index in [-0.39, 0.29) is 18.1 Å². The molecule has 0 saturated carbocycles. The molecule has 0 spiro atoms. The van der Waals surface area contributed by atoms with Gasteiger partial charge in [-0.1, -0.05) is 0 Å². The number of nitrogens with two attached hydrogens (primary N) is 1. The molecule has 124 valence electrons. The van der Waals surface area contributed by atoms with Gasteiger partial charge >= 0.3 is 0 Å². The van der Waals surface area contributed by atoms with Gasteiger partial charge in [0.2, 0.25) is 5.95 Å². The third-order valence-corrected chi connectivity index (χ3v) is 4.03. The van der Waals surface area contributed by atoms with Gasteiger partial charge in [0.05, 0.1) is 12.9 Å². The maximum absolute atomic E-state index is 11.9. The fraction of sp³-hybridized carbons (Fsp3) is 0.615. The van der Waals surface area contributed by atoms with Crippen LogP contribution in [0.25, 0.3) is 11.2 Å². The van der Waals surface area contributed by atoms with Crippen LogP contribution in [0.15, 0.2) is 11.1 Å². The first-order valence-electron chi connectivity index (χ1n) is 7.24. The molecule has 23 heavy (non-hydrogen) atoms. The first-order chi connectivity index (χ1) is 10.9. The van der Waals surface area contributed by atoms with Crippen molar-refractivity contribution >= 4 is 17.1 Å². The van der Waals surface area contributed by atoms with Crippen molar-refractivity contribution in [3.8, 4) is 0 Å². The van der Waals surface area contributed by atoms with Crippen LogP contribution in [0, 0.1) is 0 Å². The van der Waals surface area contributed by atoms with Gasteiger partial charge in [0.15, 0.2) is 23.2 Å². The van der Waals surface area contributed by atoms with Crippen molar-refractivity contribution in [3.05, 3.63) is 16.7 Å². The number of nitrogens with zero attached hydrogens (tertiary/aromatic N) is 3. The van der Waals surface area contributed by atoms with Gasteiger partial charge in [-0.25, -0.2) is 4.98 Å². The third kappa shape index (κ3) is 2.14. The number of hydrogen-bond acceptors (Lipinski definition) is 8. The lowest BCUT2D eigenvalue weighted by atomic mass is 10.1. The van der Waals surface area contributed by atoms with E-state index in [1.807, 2.05) is 0 Å². The fourth-order valence-electron chi connectivity index (χ4n) is 3.16. The monoisotopic (exact) mass is 323 g/mol. The van der Waals surface area contributed by atoms with Gasteiger partial charge in [0.25, 0.3) is 5.56 Å². The van der Waals surface area contributed by atoms with E-state index in [0.717, 1.165) is 0 Å². The second kappa shape index (κ2) is 4.74. The smallest absolute Gasteiger partial charge is 0.280 e. The highest BCUT2D eigenvalue weighted by Crippen LogP contribution is 2.43. The maximum atomic E-state index is 11.9. The second-order valence-electron chi connectivity index (χ2n) is 6.09. The van der Waals surface area contributed by atoms with Crippen LogP contribution >= 0.6 is 0 Å². The van der Waals surface area contributed by atoms with Crippen LogP contribution < -0.4 is 11.3 Å². The number of anilines is 1. The van der Waals surface area contributed by atoms with Crippen molar-refractivity contribution < 1.29 is 19.3 Å². The van der Waals surface area contributed by atoms with Crippen LogP contribution in [0.4, 0.5) is 5.95 Å². The number of fused-ring (bicyclic) bond motifs is 2. The number of aliphatic hydroxyl groups excluding tert-OH is 1. The molecule has 2 aromatic heterocycles. The summed E-state index contributed by atoms with van der Waals surface area (Å²) in [6, 6.07) is 0. The van der Waals surface area contributed by atoms with E-state index >= 15 is 0 Å². The van der Waals surface area contributed by atoms with Gasteiger partial charge in [-0.3, -0.25) is 14.3 Å². The summed E-state index contributed by atoms with van der Waals surface area (Å²) in [5.41, 5.74) is 5.63. The molecule has 2 aromatic rings. The molecule has 2 saturated heterocycles. The Kier molecular flexibility index (Phi) is 3.00. The van der Waals surface area contributed by atoms with Crippen molar-refractivity contribution in [2.75, 3.05) is 12.3 Å². The Bertz CT molecular complexity index is 815. The molecule has 0 aliphatic carbocycles. The molecule has 0 amide bonds. The van der Waals surface area contributed by atoms with Crippen molar-refractivity contribution in [1.29, 1.82) is 0 Å². The highest BCUT2D eigenvalue weighted by atomic mass is 16.8. The number of imidazole rings is 1. The predicted molar refractivity (Wildman–Crippen MR) is 77.4 cm³/mol. The molecular formula is C13H17N5O5. The molecule has 2 fully saturated rings. The summed E-state index contributed by atoms with van der Waals surface area (Å²) in [6.07, 6.45) is -0.595. The number of nitrogen functional groups attached to an aromatic ring is 1. The fourth-order valence-corrected chi connectivity index (χ4v) is 3.16. The van der Waals surface area contributed by atoms with Gasteiger partial charge in [0.1, 0.15) is 18.3 Å². The number of aromatic amines is 1. The molecule has 0 radical (unpaired) electrons. The molecule has 10 nitrogen and oxygen atoms in total. The number of rotatable bonds is 2. The molecule has 4 atom stereocenters. The first kappa shape index (κ1) is 14.6. The molecule has 4 N–H and O–H groups in total. The Hall–Kier alpha value is -2.01. The van der Waals surface area contributed by atoms with Gasteiger partial charge in [-0.05, 0) is 13.8 Å². The Labute approximate surface area is 130 Å². The number of nitrogens with one attached hydrogen (secondary N) is 1. The Balaban J connectivity index is 1.80. The van der Waals surface area contributed by atoms with Crippen molar-refractivity contribution in [2.45, 2.75) is 44.2 Å². The van der Waals surface area contributed by atoms with Crippen LogP contribution in [-0.4, -0.2) is 55.3 Å². The quantitative estimate of drug-likeness (QED) is 0.647. The molecule has 0 unspecified atom stereocenters. The average molecular weight is 323 g/mol. The second-order valence-corrected chi connectivity index (χ2v) is 6.09. The SMILES string of the molecule is CC1(C)O[C@@H]2[C@@H](O1)[C@@H](CO)O[C@H]2n1cnc2c(=O)[nH]c(N)nc21. The topological polar surface area (TPSA) is 138 Å². The highest BCUT2D eigenvalue weighted by Gasteiger charge is 2.55. The van der Waals surface area contributed by atoms with Crippen molar-refractivity contribution in [3.63, 3.8) is 0 Å². The standard InChI is InChI=1S/C13H17N5O5/c1-13(2)22-7-5(3-19)21-11(8(7)23-13)18-4-15-6-9(18)16-12(14)17-10(6)20/h4-5,7-8,11,19H,3H2,1-2H3,(H3,14,16,17,20)/t5-,7+,8-,11-/m1/s1. The van der Waals surface area contributed by atoms with Crippen LogP contribution in [-0.2, 0) is 14.2 Å². The first-order valence-corrected chi connectivity index (χ1v) is 7.24. The van der Waals surface area contributed by atoms with Crippen LogP contribution in [0.1, 0.15) is 20.1 Å². The normalized spacial score (nSPS) is 32.5. The Morgan fingerprint density at radius 3 is 2.91 bits per heavy atom. The van der Waals surface area contributed by atoms with Crippen LogP contribution in [0.2, 0.25) is 0 Å². The number of aromatic nitrogens is 4. The van der Waals surface area contributed by atoms with E-state index < -0.39 is 35.9 Å². The number of aliphatic hydroxyl groups is 1. The maximum Gasteiger partial charge on any atom is 0.280 e. The lowest BCUT2D eigenvalue weighted by Gasteiger charge is -2.24. The summed E-state index contributed by atoms with van der Waals surface area (Å²) in [5, 5.41) is 9.52. The molecular weight excluding hydrogens is 306 g/mol. The Morgan fingerprint density at radius 2 is 2.17 bits per heavy atom. The van der Waals surface area contributed by atoms with Gasteiger partial charge in [-0.15, -0.1) is 0 Å². The molecule has 2 aliphatic heterocycles. The van der Waals surface area contributed by atoms with Crippen molar-refractivity contribution in [2.24, 2.45) is 0 Å². The van der Waals surface area contributed by atoms with Gasteiger partial charge in [-0.2, -0.15) is 4.98 Å². The van der Waals surface area contributed by atoms with E-state index in [0.29, 0.717) is 5.65 Å². The molecule has 10 heteroatoms. The number of hydrogen-bond donors (Lipinski definition) is 3. The largest absolute Gasteiger partial charge is 0.394 e. The van der Waals surface area contributed by atoms with E-state index in [1.165, 1.54) is 6.33 Å². The van der Waals surface area contributed by atoms with E-state index in [1.54, 1.807) is 18.4 Å². The zero-order chi connectivity index (χ0) is 16.4. The summed E-state index contributed by atoms with van der Waals surface area (Å²) in [4.78, 5) is 22.5. The minimum absolute atomic E-state index is 0.0126. The molecule has 4 rings (SSSR count). The zero-order valence-corrected chi connectivity index (χ0v) is 12.6. The summed E-state index contributed by atoms with van der Waals surface area (Å²) < 4.78 is 19.1. The zero-order valence-electron chi connectivity index (χ0n) is 12.6. The summed E-state index contributed by atoms with van der Waals surface area (Å²) in [5.74, 6) is -0.799. The Morgan fingerprint density at radius 1 is 1.43 bits per heavy atom. The average Bonchev–Trinajstić information content (AvgIpc) is 3.09. The van der Waals surface area contributed by atoms with E-state index in [4.69, 9.17) is 19.9 Å². The van der Waals surface area contributed by atoms with Crippen LogP contribution in [0.5, 0.6) is 0 Å². The van der Waals surface area contributed by atoms with Gasteiger partial charge in [0, 0.05) is 0 Å². The van der Waals surface area contributed by atoms with E-state index in [2.05, 4.69) is 15.0 Å². The predicted octanol–water partition coefficient (Wildman–Crippen LogP) is -0.888. The molecule has 0 aromatic carbocycles. The third-order valence-electron chi connectivity index (χ3n) is 4.03. The lowest BCUT2D eigenvalue weighted by molar-refractivity contribution is -0.199. The molecule has 2 aliphatic rings. The summed E-state index contributed by atoms with van der Waals surface area (Å²) in [7, 11) is 0. The minimum atomic E-state index is -0.787. The summed E-state index contributed by atoms with van der Waals surface area (Å²) >= 11 is 0. The number of H-pyrrole nitrogens is 1. The molecule has 4 heterocycles. The molecule has 0 bridgehead atoms. The summed E-state index contributed by atoms with van der Waals surface area (Å²) in [6.45, 7) is 3.38. The minimum Gasteiger partial charge on any atom is -0.394 e.